The molecule has 2 aromatic heterocycles. The summed E-state index contributed by atoms with van der Waals surface area (Å²) in [4.78, 5) is 30.9. The number of H-pyrrole nitrogens is 1. The zero-order valence-corrected chi connectivity index (χ0v) is 16.7. The highest BCUT2D eigenvalue weighted by molar-refractivity contribution is 5.48. The summed E-state index contributed by atoms with van der Waals surface area (Å²) in [5.74, 6) is 1.86. The van der Waals surface area contributed by atoms with E-state index in [1.807, 2.05) is 25.1 Å². The van der Waals surface area contributed by atoms with Crippen LogP contribution in [-0.2, 0) is 19.5 Å². The highest BCUT2D eigenvalue weighted by atomic mass is 16.5. The lowest BCUT2D eigenvalue weighted by Gasteiger charge is -2.27. The number of aromatic nitrogens is 4. The van der Waals surface area contributed by atoms with Crippen LogP contribution >= 0.6 is 0 Å². The Kier molecular flexibility index (Phi) is 5.26. The minimum atomic E-state index is -0.0989. The Bertz CT molecular complexity index is 1080. The van der Waals surface area contributed by atoms with Crippen LogP contribution < -0.4 is 15.0 Å². The Hall–Kier alpha value is -3.26. The van der Waals surface area contributed by atoms with E-state index < -0.39 is 0 Å². The first-order chi connectivity index (χ1) is 14.1. The Balaban J connectivity index is 1.57. The molecule has 0 spiro atoms. The molecule has 4 rings (SSSR count). The fourth-order valence-corrected chi connectivity index (χ4v) is 3.50. The van der Waals surface area contributed by atoms with Crippen molar-refractivity contribution in [2.24, 2.45) is 0 Å². The zero-order chi connectivity index (χ0) is 20.4. The van der Waals surface area contributed by atoms with E-state index in [1.54, 1.807) is 26.6 Å². The molecule has 8 heteroatoms. The van der Waals surface area contributed by atoms with Gasteiger partial charge in [0.2, 0.25) is 0 Å². The highest BCUT2D eigenvalue weighted by Gasteiger charge is 2.22. The number of aryl methyl sites for hydroxylation is 1. The second-order valence-corrected chi connectivity index (χ2v) is 7.03. The van der Waals surface area contributed by atoms with Gasteiger partial charge in [-0.1, -0.05) is 6.07 Å². The molecule has 1 N–H and O–H groups in total. The summed E-state index contributed by atoms with van der Waals surface area (Å²) in [6.45, 7) is 3.98. The van der Waals surface area contributed by atoms with E-state index in [0.29, 0.717) is 36.0 Å². The number of methoxy groups -OCH3 is 2. The van der Waals surface area contributed by atoms with E-state index in [1.165, 1.54) is 0 Å². The van der Waals surface area contributed by atoms with Crippen molar-refractivity contribution in [1.82, 2.24) is 24.8 Å². The molecule has 3 heterocycles. The van der Waals surface area contributed by atoms with Gasteiger partial charge in [0.1, 0.15) is 5.69 Å². The first kappa shape index (κ1) is 19.1. The van der Waals surface area contributed by atoms with Crippen LogP contribution in [0.1, 0.15) is 22.5 Å². The third-order valence-electron chi connectivity index (χ3n) is 5.03. The van der Waals surface area contributed by atoms with Gasteiger partial charge in [-0.2, -0.15) is 0 Å². The van der Waals surface area contributed by atoms with Crippen LogP contribution in [0.15, 0.2) is 35.4 Å². The maximum atomic E-state index is 12.6. The summed E-state index contributed by atoms with van der Waals surface area (Å²) in [5, 5.41) is 0. The lowest BCUT2D eigenvalue weighted by atomic mass is 10.1. The third kappa shape index (κ3) is 3.97. The lowest BCUT2D eigenvalue weighted by molar-refractivity contribution is 0.240. The predicted octanol–water partition coefficient (Wildman–Crippen LogP) is 2.11. The van der Waals surface area contributed by atoms with Crippen molar-refractivity contribution in [3.05, 3.63) is 63.5 Å². The van der Waals surface area contributed by atoms with Gasteiger partial charge >= 0.3 is 0 Å². The normalized spacial score (nSPS) is 13.8. The quantitative estimate of drug-likeness (QED) is 0.710. The molecule has 0 aliphatic carbocycles. The number of hydrogen-bond acceptors (Lipinski definition) is 7. The average Bonchev–Trinajstić information content (AvgIpc) is 2.74. The van der Waals surface area contributed by atoms with Crippen LogP contribution in [0.2, 0.25) is 0 Å². The number of hydrogen-bond donors (Lipinski definition) is 1. The van der Waals surface area contributed by atoms with E-state index in [2.05, 4.69) is 24.8 Å². The van der Waals surface area contributed by atoms with Gasteiger partial charge in [-0.15, -0.1) is 0 Å². The molecular weight excluding hydrogens is 370 g/mol. The van der Waals surface area contributed by atoms with E-state index in [4.69, 9.17) is 9.47 Å². The smallest absolute Gasteiger partial charge is 0.254 e. The van der Waals surface area contributed by atoms with Crippen LogP contribution in [0, 0.1) is 6.92 Å². The summed E-state index contributed by atoms with van der Waals surface area (Å²) in [7, 11) is 3.25. The number of aromatic amines is 1. The van der Waals surface area contributed by atoms with Crippen LogP contribution in [-0.4, -0.2) is 45.6 Å². The van der Waals surface area contributed by atoms with E-state index in [-0.39, 0.29) is 5.56 Å². The van der Waals surface area contributed by atoms with Gasteiger partial charge in [-0.05, 0) is 31.0 Å². The van der Waals surface area contributed by atoms with Gasteiger partial charge in [0.05, 0.1) is 31.8 Å². The monoisotopic (exact) mass is 393 g/mol. The number of fused-ring (bicyclic) bond motifs is 1. The Labute approximate surface area is 168 Å². The molecule has 0 radical (unpaired) electrons. The van der Waals surface area contributed by atoms with Crippen molar-refractivity contribution >= 4 is 0 Å². The summed E-state index contributed by atoms with van der Waals surface area (Å²) in [6, 6.07) is 5.91. The van der Waals surface area contributed by atoms with E-state index in [0.717, 1.165) is 35.6 Å². The molecule has 0 saturated heterocycles. The molecule has 150 valence electrons. The van der Waals surface area contributed by atoms with Crippen LogP contribution in [0.3, 0.4) is 0 Å². The van der Waals surface area contributed by atoms with Gasteiger partial charge in [-0.25, -0.2) is 9.97 Å². The maximum absolute atomic E-state index is 12.6. The van der Waals surface area contributed by atoms with Crippen LogP contribution in [0.25, 0.3) is 11.5 Å². The molecule has 29 heavy (non-hydrogen) atoms. The van der Waals surface area contributed by atoms with Gasteiger partial charge in [0.25, 0.3) is 5.56 Å². The molecule has 3 aromatic rings. The van der Waals surface area contributed by atoms with Crippen molar-refractivity contribution < 1.29 is 9.47 Å². The number of rotatable bonds is 5. The second kappa shape index (κ2) is 8.00. The SMILES string of the molecule is COc1ccc(CN2CCc3c(nc(-c4cnc(C)cn4)[nH]c3=O)C2)cc1OC. The number of benzene rings is 1. The highest BCUT2D eigenvalue weighted by Crippen LogP contribution is 2.28. The van der Waals surface area contributed by atoms with Crippen molar-refractivity contribution in [3.63, 3.8) is 0 Å². The molecule has 0 unspecified atom stereocenters. The predicted molar refractivity (Wildman–Crippen MR) is 108 cm³/mol. The van der Waals surface area contributed by atoms with E-state index >= 15 is 0 Å². The Morgan fingerprint density at radius 1 is 1.14 bits per heavy atom. The molecule has 8 nitrogen and oxygen atoms in total. The fraction of sp³-hybridized carbons (Fsp3) is 0.333. The van der Waals surface area contributed by atoms with Crippen molar-refractivity contribution in [2.45, 2.75) is 26.4 Å². The standard InChI is InChI=1S/C21H23N5O3/c1-13-9-23-16(10-22-13)20-24-17-12-26(7-6-15(17)21(27)25-20)11-14-4-5-18(28-2)19(8-14)29-3/h4-5,8-10H,6-7,11-12H2,1-3H3,(H,24,25,27). The summed E-state index contributed by atoms with van der Waals surface area (Å²) < 4.78 is 10.7. The summed E-state index contributed by atoms with van der Waals surface area (Å²) in [5.41, 5.74) is 3.93. The number of ether oxygens (including phenoxy) is 2. The van der Waals surface area contributed by atoms with Gasteiger partial charge in [0, 0.05) is 31.4 Å². The fourth-order valence-electron chi connectivity index (χ4n) is 3.50. The van der Waals surface area contributed by atoms with Gasteiger partial charge in [-0.3, -0.25) is 14.7 Å². The van der Waals surface area contributed by atoms with Crippen molar-refractivity contribution in [3.8, 4) is 23.0 Å². The summed E-state index contributed by atoms with van der Waals surface area (Å²) >= 11 is 0. The third-order valence-corrected chi connectivity index (χ3v) is 5.03. The average molecular weight is 393 g/mol. The number of nitrogens with zero attached hydrogens (tertiary/aromatic N) is 4. The van der Waals surface area contributed by atoms with Crippen LogP contribution in [0.4, 0.5) is 0 Å². The summed E-state index contributed by atoms with van der Waals surface area (Å²) in [6.07, 6.45) is 3.95. The molecule has 1 aromatic carbocycles. The molecule has 0 bridgehead atoms. The van der Waals surface area contributed by atoms with Crippen molar-refractivity contribution in [2.75, 3.05) is 20.8 Å². The first-order valence-electron chi connectivity index (χ1n) is 9.41. The van der Waals surface area contributed by atoms with Crippen LogP contribution in [0.5, 0.6) is 11.5 Å². The minimum Gasteiger partial charge on any atom is -0.493 e. The Morgan fingerprint density at radius 3 is 2.69 bits per heavy atom. The lowest BCUT2D eigenvalue weighted by Crippen LogP contribution is -2.35. The molecule has 0 atom stereocenters. The molecule has 1 aliphatic rings. The molecule has 0 amide bonds. The van der Waals surface area contributed by atoms with Crippen molar-refractivity contribution in [1.29, 1.82) is 0 Å². The number of nitrogens with one attached hydrogen (secondary N) is 1. The van der Waals surface area contributed by atoms with Gasteiger partial charge in [0.15, 0.2) is 17.3 Å². The largest absolute Gasteiger partial charge is 0.493 e. The minimum absolute atomic E-state index is 0.0989. The van der Waals surface area contributed by atoms with E-state index in [9.17, 15) is 4.79 Å². The Morgan fingerprint density at radius 2 is 1.97 bits per heavy atom. The second-order valence-electron chi connectivity index (χ2n) is 7.03. The molecule has 0 fully saturated rings. The van der Waals surface area contributed by atoms with Gasteiger partial charge < -0.3 is 14.5 Å². The zero-order valence-electron chi connectivity index (χ0n) is 16.7. The molecular formula is C21H23N5O3. The molecule has 0 saturated carbocycles. The topological polar surface area (TPSA) is 93.2 Å². The molecule has 1 aliphatic heterocycles. The first-order valence-corrected chi connectivity index (χ1v) is 9.41. The maximum Gasteiger partial charge on any atom is 0.254 e.